The van der Waals surface area contributed by atoms with Crippen molar-refractivity contribution in [1.82, 2.24) is 10.2 Å². The first kappa shape index (κ1) is 18.9. The number of anilines is 1. The summed E-state index contributed by atoms with van der Waals surface area (Å²) in [7, 11) is 1.55. The van der Waals surface area contributed by atoms with Crippen molar-refractivity contribution in [3.8, 4) is 5.75 Å². The lowest BCUT2D eigenvalue weighted by molar-refractivity contribution is -0.133. The fraction of sp³-hybridized carbons (Fsp3) is 0.211. The van der Waals surface area contributed by atoms with E-state index >= 15 is 0 Å². The number of imide groups is 1. The number of hydrogen-bond acceptors (Lipinski definition) is 4. The maximum atomic E-state index is 12.9. The molecule has 0 aliphatic carbocycles. The van der Waals surface area contributed by atoms with Gasteiger partial charge in [0.25, 0.3) is 5.91 Å². The minimum Gasteiger partial charge on any atom is -0.497 e. The summed E-state index contributed by atoms with van der Waals surface area (Å²) >= 11 is 3.36. The third-order valence-electron chi connectivity index (χ3n) is 4.35. The summed E-state index contributed by atoms with van der Waals surface area (Å²) in [5.41, 5.74) is -0.0442. The lowest BCUT2D eigenvalue weighted by atomic mass is 9.92. The number of carbonyl (C=O) groups excluding carboxylic acids is 3. The first-order valence-electron chi connectivity index (χ1n) is 8.17. The van der Waals surface area contributed by atoms with Gasteiger partial charge in [0.2, 0.25) is 5.91 Å². The van der Waals surface area contributed by atoms with Crippen molar-refractivity contribution in [3.63, 3.8) is 0 Å². The van der Waals surface area contributed by atoms with Crippen molar-refractivity contribution in [2.24, 2.45) is 0 Å². The van der Waals surface area contributed by atoms with E-state index < -0.39 is 23.4 Å². The SMILES string of the molecule is COc1ccc(NC(=O)CN2C(=O)N[C@@](C)(c3cccc(Br)c3)C2=O)cc1. The third-order valence-corrected chi connectivity index (χ3v) is 4.85. The number of methoxy groups -OCH3 is 1. The highest BCUT2D eigenvalue weighted by Crippen LogP contribution is 2.30. The summed E-state index contributed by atoms with van der Waals surface area (Å²) in [5.74, 6) is -0.287. The molecular weight excluding hydrogens is 414 g/mol. The summed E-state index contributed by atoms with van der Waals surface area (Å²) in [4.78, 5) is 38.4. The summed E-state index contributed by atoms with van der Waals surface area (Å²) < 4.78 is 5.85. The number of halogens is 1. The van der Waals surface area contributed by atoms with Crippen molar-refractivity contribution in [2.75, 3.05) is 19.0 Å². The molecule has 4 amide bonds. The van der Waals surface area contributed by atoms with Crippen LogP contribution in [-0.2, 0) is 15.1 Å². The van der Waals surface area contributed by atoms with Gasteiger partial charge >= 0.3 is 6.03 Å². The van der Waals surface area contributed by atoms with E-state index in [1.54, 1.807) is 56.5 Å². The van der Waals surface area contributed by atoms with Gasteiger partial charge in [0.1, 0.15) is 17.8 Å². The van der Waals surface area contributed by atoms with Gasteiger partial charge < -0.3 is 15.4 Å². The largest absolute Gasteiger partial charge is 0.497 e. The smallest absolute Gasteiger partial charge is 0.325 e. The summed E-state index contributed by atoms with van der Waals surface area (Å²) in [6, 6.07) is 13.3. The average Bonchev–Trinajstić information content (AvgIpc) is 2.86. The van der Waals surface area contributed by atoms with Crippen LogP contribution in [0.1, 0.15) is 12.5 Å². The van der Waals surface area contributed by atoms with Gasteiger partial charge in [-0.3, -0.25) is 14.5 Å². The Morgan fingerprint density at radius 3 is 2.56 bits per heavy atom. The van der Waals surface area contributed by atoms with Gasteiger partial charge in [-0.15, -0.1) is 0 Å². The number of carbonyl (C=O) groups is 3. The average molecular weight is 432 g/mol. The molecule has 0 aromatic heterocycles. The molecule has 1 heterocycles. The molecule has 1 aliphatic rings. The predicted molar refractivity (Wildman–Crippen MR) is 103 cm³/mol. The number of hydrogen-bond donors (Lipinski definition) is 2. The highest BCUT2D eigenvalue weighted by Gasteiger charge is 2.49. The Hall–Kier alpha value is -2.87. The van der Waals surface area contributed by atoms with Crippen LogP contribution in [0, 0.1) is 0 Å². The number of nitrogens with zero attached hydrogens (tertiary/aromatic N) is 1. The van der Waals surface area contributed by atoms with E-state index in [-0.39, 0.29) is 6.54 Å². The lowest BCUT2D eigenvalue weighted by Gasteiger charge is -2.22. The van der Waals surface area contributed by atoms with Crippen molar-refractivity contribution < 1.29 is 19.1 Å². The standard InChI is InChI=1S/C19H18BrN3O4/c1-19(12-4-3-5-13(20)10-12)17(25)23(18(26)22-19)11-16(24)21-14-6-8-15(27-2)9-7-14/h3-10H,11H2,1-2H3,(H,21,24)(H,22,26)/t19-/m0/s1. The van der Waals surface area contributed by atoms with Gasteiger partial charge in [-0.25, -0.2) is 4.79 Å². The monoisotopic (exact) mass is 431 g/mol. The van der Waals surface area contributed by atoms with Crippen molar-refractivity contribution in [3.05, 3.63) is 58.6 Å². The topological polar surface area (TPSA) is 87.7 Å². The molecule has 1 atom stereocenters. The maximum absolute atomic E-state index is 12.9. The van der Waals surface area contributed by atoms with E-state index in [2.05, 4.69) is 26.6 Å². The molecule has 0 radical (unpaired) electrons. The predicted octanol–water partition coefficient (Wildman–Crippen LogP) is 2.86. The Morgan fingerprint density at radius 1 is 1.22 bits per heavy atom. The first-order valence-corrected chi connectivity index (χ1v) is 8.97. The first-order chi connectivity index (χ1) is 12.8. The second kappa shape index (κ2) is 7.40. The minimum atomic E-state index is -1.22. The van der Waals surface area contributed by atoms with Crippen LogP contribution in [0.15, 0.2) is 53.0 Å². The van der Waals surface area contributed by atoms with Gasteiger partial charge in [0.15, 0.2) is 0 Å². The van der Waals surface area contributed by atoms with Gasteiger partial charge in [0.05, 0.1) is 7.11 Å². The normalized spacial score (nSPS) is 19.0. The molecule has 27 heavy (non-hydrogen) atoms. The number of amides is 4. The summed E-state index contributed by atoms with van der Waals surface area (Å²) in [5, 5.41) is 5.34. The van der Waals surface area contributed by atoms with Gasteiger partial charge in [-0.1, -0.05) is 28.1 Å². The Labute approximate surface area is 164 Å². The van der Waals surface area contributed by atoms with Crippen LogP contribution in [0.5, 0.6) is 5.75 Å². The van der Waals surface area contributed by atoms with Gasteiger partial charge in [-0.05, 0) is 48.9 Å². The van der Waals surface area contributed by atoms with E-state index in [1.165, 1.54) is 0 Å². The van der Waals surface area contributed by atoms with Crippen molar-refractivity contribution in [1.29, 1.82) is 0 Å². The van der Waals surface area contributed by atoms with E-state index in [0.29, 0.717) is 17.0 Å². The second-order valence-corrected chi connectivity index (χ2v) is 7.15. The number of ether oxygens (including phenoxy) is 1. The highest BCUT2D eigenvalue weighted by atomic mass is 79.9. The quantitative estimate of drug-likeness (QED) is 0.712. The number of urea groups is 1. The van der Waals surface area contributed by atoms with Crippen LogP contribution in [-0.4, -0.2) is 36.4 Å². The number of benzene rings is 2. The third kappa shape index (κ3) is 3.80. The molecule has 140 valence electrons. The van der Waals surface area contributed by atoms with Gasteiger partial charge in [0, 0.05) is 10.2 Å². The zero-order valence-corrected chi connectivity index (χ0v) is 16.4. The van der Waals surface area contributed by atoms with Gasteiger partial charge in [-0.2, -0.15) is 0 Å². The van der Waals surface area contributed by atoms with Crippen molar-refractivity contribution >= 4 is 39.5 Å². The van der Waals surface area contributed by atoms with Crippen molar-refractivity contribution in [2.45, 2.75) is 12.5 Å². The zero-order valence-electron chi connectivity index (χ0n) is 14.8. The van der Waals surface area contributed by atoms with E-state index in [9.17, 15) is 14.4 Å². The minimum absolute atomic E-state index is 0.375. The fourth-order valence-electron chi connectivity index (χ4n) is 2.85. The molecule has 3 rings (SSSR count). The van der Waals surface area contributed by atoms with E-state index in [4.69, 9.17) is 4.74 Å². The highest BCUT2D eigenvalue weighted by molar-refractivity contribution is 9.10. The molecule has 0 saturated carbocycles. The van der Waals surface area contributed by atoms with E-state index in [0.717, 1.165) is 9.37 Å². The molecule has 1 fully saturated rings. The van der Waals surface area contributed by atoms with Crippen LogP contribution in [0.4, 0.5) is 10.5 Å². The Morgan fingerprint density at radius 2 is 1.93 bits per heavy atom. The lowest BCUT2D eigenvalue weighted by Crippen LogP contribution is -2.42. The molecule has 2 aromatic rings. The molecule has 2 aromatic carbocycles. The molecule has 0 unspecified atom stereocenters. The fourth-order valence-corrected chi connectivity index (χ4v) is 3.25. The molecule has 1 aliphatic heterocycles. The molecular formula is C19H18BrN3O4. The van der Waals surface area contributed by atoms with Crippen LogP contribution in [0.2, 0.25) is 0 Å². The molecule has 8 heteroatoms. The molecule has 2 N–H and O–H groups in total. The molecule has 0 bridgehead atoms. The summed E-state index contributed by atoms with van der Waals surface area (Å²) in [6.45, 7) is 1.25. The molecule has 7 nitrogen and oxygen atoms in total. The van der Waals surface area contributed by atoms with E-state index in [1.807, 2.05) is 6.07 Å². The maximum Gasteiger partial charge on any atom is 0.325 e. The van der Waals surface area contributed by atoms with Crippen LogP contribution in [0.3, 0.4) is 0 Å². The Bertz CT molecular complexity index is 900. The molecule has 1 saturated heterocycles. The summed E-state index contributed by atoms with van der Waals surface area (Å²) in [6.07, 6.45) is 0. The van der Waals surface area contributed by atoms with Crippen LogP contribution >= 0.6 is 15.9 Å². The Kier molecular flexibility index (Phi) is 5.18. The van der Waals surface area contributed by atoms with Crippen LogP contribution < -0.4 is 15.4 Å². The molecule has 0 spiro atoms. The number of rotatable bonds is 5. The number of nitrogens with one attached hydrogen (secondary N) is 2. The second-order valence-electron chi connectivity index (χ2n) is 6.23. The Balaban J connectivity index is 1.72. The zero-order chi connectivity index (χ0) is 19.6. The van der Waals surface area contributed by atoms with Crippen LogP contribution in [0.25, 0.3) is 0 Å².